The van der Waals surface area contributed by atoms with Gasteiger partial charge < -0.3 is 0 Å². The van der Waals surface area contributed by atoms with Crippen LogP contribution < -0.4 is 0 Å². The van der Waals surface area contributed by atoms with Crippen molar-refractivity contribution in [1.29, 1.82) is 0 Å². The summed E-state index contributed by atoms with van der Waals surface area (Å²) in [5.74, 6) is -0.195. The van der Waals surface area contributed by atoms with Crippen LogP contribution in [0.5, 0.6) is 0 Å². The first-order chi connectivity index (χ1) is 7.29. The van der Waals surface area contributed by atoms with Crippen LogP contribution in [0.25, 0.3) is 0 Å². The van der Waals surface area contributed by atoms with Gasteiger partial charge in [0.15, 0.2) is 0 Å². The molecule has 0 aliphatic rings. The fourth-order valence-corrected chi connectivity index (χ4v) is 2.37. The van der Waals surface area contributed by atoms with Crippen molar-refractivity contribution in [2.24, 2.45) is 0 Å². The van der Waals surface area contributed by atoms with Crippen LogP contribution in [0.1, 0.15) is 28.9 Å². The second kappa shape index (κ2) is 4.93. The highest BCUT2D eigenvalue weighted by atomic mass is 32.2. The normalized spacial score (nSPS) is 11.8. The summed E-state index contributed by atoms with van der Waals surface area (Å²) in [6.07, 6.45) is 1.05. The Morgan fingerprint density at radius 1 is 1.31 bits per heavy atom. The van der Waals surface area contributed by atoms with Crippen molar-refractivity contribution in [2.45, 2.75) is 33.6 Å². The summed E-state index contributed by atoms with van der Waals surface area (Å²) in [4.78, 5) is 4.34. The predicted octanol–water partition coefficient (Wildman–Crippen LogP) is 1.83. The molecule has 0 radical (unpaired) electrons. The monoisotopic (exact) mass is 243 g/mol. The number of nitrogens with zero attached hydrogens (tertiary/aromatic N) is 1. The second-order valence-corrected chi connectivity index (χ2v) is 5.61. The molecule has 0 aliphatic carbocycles. The van der Waals surface area contributed by atoms with Crippen LogP contribution in [0.15, 0.2) is 6.07 Å². The van der Waals surface area contributed by atoms with E-state index >= 15 is 0 Å². The first-order valence-corrected chi connectivity index (χ1v) is 6.79. The first-order valence-electron chi connectivity index (χ1n) is 5.18. The van der Waals surface area contributed by atoms with Gasteiger partial charge in [0, 0.05) is 11.4 Å². The molecular formula is C11H17NO3S. The number of pyridine rings is 1. The van der Waals surface area contributed by atoms with E-state index in [1.165, 1.54) is 0 Å². The highest BCUT2D eigenvalue weighted by Gasteiger charge is 2.08. The van der Waals surface area contributed by atoms with Gasteiger partial charge in [-0.05, 0) is 50.8 Å². The number of hydrogen-bond acceptors (Lipinski definition) is 3. The molecule has 0 saturated heterocycles. The van der Waals surface area contributed by atoms with Crippen LogP contribution in [0, 0.1) is 20.8 Å². The summed E-state index contributed by atoms with van der Waals surface area (Å²) in [5.41, 5.74) is 4.11. The third kappa shape index (κ3) is 3.90. The number of rotatable bonds is 4. The lowest BCUT2D eigenvalue weighted by molar-refractivity contribution is 0.481. The molecule has 1 rings (SSSR count). The maximum absolute atomic E-state index is 10.6. The molecular weight excluding hydrogens is 226 g/mol. The predicted molar refractivity (Wildman–Crippen MR) is 63.2 cm³/mol. The van der Waals surface area contributed by atoms with Crippen LogP contribution in [0.2, 0.25) is 0 Å². The number of aryl methyl sites for hydroxylation is 3. The zero-order valence-electron chi connectivity index (χ0n) is 9.82. The van der Waals surface area contributed by atoms with Crippen LogP contribution in [0.4, 0.5) is 0 Å². The van der Waals surface area contributed by atoms with Gasteiger partial charge in [0.2, 0.25) is 0 Å². The smallest absolute Gasteiger partial charge is 0.264 e. The molecule has 0 saturated carbocycles. The van der Waals surface area contributed by atoms with E-state index in [2.05, 4.69) is 4.98 Å². The molecule has 0 amide bonds. The van der Waals surface area contributed by atoms with Crippen LogP contribution in [0.3, 0.4) is 0 Å². The van der Waals surface area contributed by atoms with Crippen molar-refractivity contribution in [3.05, 3.63) is 28.6 Å². The lowest BCUT2D eigenvalue weighted by Crippen LogP contribution is -2.07. The summed E-state index contributed by atoms with van der Waals surface area (Å²) >= 11 is 0. The van der Waals surface area contributed by atoms with E-state index in [-0.39, 0.29) is 5.75 Å². The van der Waals surface area contributed by atoms with Crippen molar-refractivity contribution < 1.29 is 13.0 Å². The quantitative estimate of drug-likeness (QED) is 0.819. The third-order valence-electron chi connectivity index (χ3n) is 2.51. The Bertz CT molecular complexity index is 457. The molecule has 0 unspecified atom stereocenters. The van der Waals surface area contributed by atoms with E-state index in [0.717, 1.165) is 22.5 Å². The van der Waals surface area contributed by atoms with Gasteiger partial charge in [0.25, 0.3) is 10.1 Å². The van der Waals surface area contributed by atoms with Crippen molar-refractivity contribution >= 4 is 10.1 Å². The molecule has 1 aromatic heterocycles. The SMILES string of the molecule is Cc1cc(C)c(CCCS(=O)(=O)O)c(C)n1. The zero-order chi connectivity index (χ0) is 12.3. The topological polar surface area (TPSA) is 67.3 Å². The Balaban J connectivity index is 2.75. The molecule has 0 atom stereocenters. The van der Waals surface area contributed by atoms with E-state index in [9.17, 15) is 8.42 Å². The van der Waals surface area contributed by atoms with Crippen molar-refractivity contribution in [3.8, 4) is 0 Å². The summed E-state index contributed by atoms with van der Waals surface area (Å²) in [5, 5.41) is 0. The first kappa shape index (κ1) is 13.1. The molecule has 1 aromatic rings. The molecule has 0 aromatic carbocycles. The largest absolute Gasteiger partial charge is 0.286 e. The van der Waals surface area contributed by atoms with Gasteiger partial charge in [-0.3, -0.25) is 9.54 Å². The fourth-order valence-electron chi connectivity index (χ4n) is 1.86. The van der Waals surface area contributed by atoms with Gasteiger partial charge in [-0.15, -0.1) is 0 Å². The van der Waals surface area contributed by atoms with Gasteiger partial charge in [-0.1, -0.05) is 0 Å². The lowest BCUT2D eigenvalue weighted by Gasteiger charge is -2.09. The minimum Gasteiger partial charge on any atom is -0.286 e. The maximum atomic E-state index is 10.6. The Morgan fingerprint density at radius 3 is 2.44 bits per heavy atom. The van der Waals surface area contributed by atoms with E-state index in [1.54, 1.807) is 0 Å². The van der Waals surface area contributed by atoms with Crippen LogP contribution >= 0.6 is 0 Å². The summed E-state index contributed by atoms with van der Waals surface area (Å²) in [6.45, 7) is 5.84. The van der Waals surface area contributed by atoms with Crippen molar-refractivity contribution in [1.82, 2.24) is 4.98 Å². The molecule has 5 heteroatoms. The van der Waals surface area contributed by atoms with E-state index in [4.69, 9.17) is 4.55 Å². The highest BCUT2D eigenvalue weighted by Crippen LogP contribution is 2.15. The van der Waals surface area contributed by atoms with Gasteiger partial charge in [0.05, 0.1) is 5.75 Å². The molecule has 1 heterocycles. The summed E-state index contributed by atoms with van der Waals surface area (Å²) in [7, 11) is -3.85. The highest BCUT2D eigenvalue weighted by molar-refractivity contribution is 7.85. The minimum atomic E-state index is -3.85. The van der Waals surface area contributed by atoms with Crippen LogP contribution in [-0.2, 0) is 16.5 Å². The Labute approximate surface area is 96.5 Å². The molecule has 0 spiro atoms. The van der Waals surface area contributed by atoms with E-state index in [1.807, 2.05) is 26.8 Å². The molecule has 0 aliphatic heterocycles. The lowest BCUT2D eigenvalue weighted by atomic mass is 10.0. The second-order valence-electron chi connectivity index (χ2n) is 4.03. The minimum absolute atomic E-state index is 0.195. The molecule has 0 bridgehead atoms. The standard InChI is InChI=1S/C11H17NO3S/c1-8-7-9(2)12-10(3)11(8)5-4-6-16(13,14)15/h7H,4-6H2,1-3H3,(H,13,14,15). The maximum Gasteiger partial charge on any atom is 0.264 e. The zero-order valence-corrected chi connectivity index (χ0v) is 10.6. The average Bonchev–Trinajstić information content (AvgIpc) is 2.07. The van der Waals surface area contributed by atoms with Crippen molar-refractivity contribution in [3.63, 3.8) is 0 Å². The fraction of sp³-hybridized carbons (Fsp3) is 0.545. The third-order valence-corrected chi connectivity index (χ3v) is 3.32. The van der Waals surface area contributed by atoms with Gasteiger partial charge in [-0.25, -0.2) is 0 Å². The average molecular weight is 243 g/mol. The Morgan fingerprint density at radius 2 is 1.94 bits per heavy atom. The molecule has 16 heavy (non-hydrogen) atoms. The summed E-state index contributed by atoms with van der Waals surface area (Å²) in [6, 6.07) is 1.98. The summed E-state index contributed by atoms with van der Waals surface area (Å²) < 4.78 is 29.8. The molecule has 90 valence electrons. The van der Waals surface area contributed by atoms with Crippen LogP contribution in [-0.4, -0.2) is 23.7 Å². The Hall–Kier alpha value is -0.940. The van der Waals surface area contributed by atoms with Gasteiger partial charge in [0.1, 0.15) is 0 Å². The molecule has 0 fully saturated rings. The van der Waals surface area contributed by atoms with E-state index < -0.39 is 10.1 Å². The number of aromatic nitrogens is 1. The molecule has 1 N–H and O–H groups in total. The number of hydrogen-bond donors (Lipinski definition) is 1. The van der Waals surface area contributed by atoms with Gasteiger partial charge in [-0.2, -0.15) is 8.42 Å². The Kier molecular flexibility index (Phi) is 4.04. The van der Waals surface area contributed by atoms with Crippen molar-refractivity contribution in [2.75, 3.05) is 5.75 Å². The van der Waals surface area contributed by atoms with Gasteiger partial charge >= 0.3 is 0 Å². The molecule has 4 nitrogen and oxygen atoms in total. The van der Waals surface area contributed by atoms with E-state index in [0.29, 0.717) is 12.8 Å².